The molecule has 2 heterocycles. The van der Waals surface area contributed by atoms with Crippen molar-refractivity contribution in [2.75, 3.05) is 13.4 Å². The Labute approximate surface area is 173 Å². The molecule has 2 aromatic rings. The molecule has 156 valence electrons. The maximum atomic E-state index is 12.9. The van der Waals surface area contributed by atoms with Gasteiger partial charge in [0.25, 0.3) is 0 Å². The standard InChI is InChI=1S/C22H22N2O6/c1-3-27-16-7-5-15(6-8-16)20-19(13(2)23-22(26)24-20)21(25)28-11-14-4-9-17-18(10-14)30-12-29-17/h4-10,20H,3,11-12H2,1-2H3,(H2,23,24,26)/t20-/m1/s1. The van der Waals surface area contributed by atoms with Crippen molar-refractivity contribution >= 4 is 12.0 Å². The number of carbonyl (C=O) groups excluding carboxylic acids is 2. The van der Waals surface area contributed by atoms with E-state index in [-0.39, 0.29) is 19.4 Å². The van der Waals surface area contributed by atoms with Gasteiger partial charge >= 0.3 is 12.0 Å². The third-order valence-electron chi connectivity index (χ3n) is 4.82. The minimum absolute atomic E-state index is 0.0657. The summed E-state index contributed by atoms with van der Waals surface area (Å²) < 4.78 is 21.6. The largest absolute Gasteiger partial charge is 0.494 e. The summed E-state index contributed by atoms with van der Waals surface area (Å²) >= 11 is 0. The fraction of sp³-hybridized carbons (Fsp3) is 0.273. The van der Waals surface area contributed by atoms with Crippen LogP contribution in [0.3, 0.4) is 0 Å². The van der Waals surface area contributed by atoms with Crippen LogP contribution in [0.2, 0.25) is 0 Å². The molecule has 0 aliphatic carbocycles. The van der Waals surface area contributed by atoms with E-state index in [0.29, 0.717) is 35.1 Å². The molecule has 2 N–H and O–H groups in total. The molecule has 0 saturated carbocycles. The normalized spacial score (nSPS) is 17.3. The van der Waals surface area contributed by atoms with E-state index in [1.807, 2.05) is 25.1 Å². The van der Waals surface area contributed by atoms with Gasteiger partial charge in [-0.2, -0.15) is 0 Å². The molecule has 0 unspecified atom stereocenters. The van der Waals surface area contributed by atoms with Gasteiger partial charge in [-0.25, -0.2) is 9.59 Å². The minimum atomic E-state index is -0.626. The van der Waals surface area contributed by atoms with Crippen molar-refractivity contribution in [3.8, 4) is 17.2 Å². The maximum Gasteiger partial charge on any atom is 0.338 e. The Balaban J connectivity index is 1.52. The molecular weight excluding hydrogens is 388 g/mol. The second-order valence-corrected chi connectivity index (χ2v) is 6.84. The Kier molecular flexibility index (Phi) is 5.47. The summed E-state index contributed by atoms with van der Waals surface area (Å²) in [7, 11) is 0. The lowest BCUT2D eigenvalue weighted by Crippen LogP contribution is -2.45. The molecule has 0 aromatic heterocycles. The number of fused-ring (bicyclic) bond motifs is 1. The predicted octanol–water partition coefficient (Wildman–Crippen LogP) is 3.19. The van der Waals surface area contributed by atoms with Crippen LogP contribution in [-0.2, 0) is 16.1 Å². The average Bonchev–Trinajstić information content (AvgIpc) is 3.20. The van der Waals surface area contributed by atoms with Gasteiger partial charge in [-0.15, -0.1) is 0 Å². The number of rotatable bonds is 6. The monoisotopic (exact) mass is 410 g/mol. The maximum absolute atomic E-state index is 12.9. The van der Waals surface area contributed by atoms with Crippen molar-refractivity contribution in [2.24, 2.45) is 0 Å². The van der Waals surface area contributed by atoms with Crippen LogP contribution in [0.1, 0.15) is 31.0 Å². The molecule has 1 atom stereocenters. The van der Waals surface area contributed by atoms with E-state index in [1.54, 1.807) is 31.2 Å². The average molecular weight is 410 g/mol. The zero-order valence-electron chi connectivity index (χ0n) is 16.7. The number of benzene rings is 2. The Hall–Kier alpha value is -3.68. The number of hydrogen-bond acceptors (Lipinski definition) is 6. The molecular formula is C22H22N2O6. The van der Waals surface area contributed by atoms with Crippen LogP contribution < -0.4 is 24.8 Å². The van der Waals surface area contributed by atoms with E-state index in [9.17, 15) is 9.59 Å². The second kappa shape index (κ2) is 8.36. The predicted molar refractivity (Wildman–Crippen MR) is 107 cm³/mol. The first-order valence-electron chi connectivity index (χ1n) is 9.62. The summed E-state index contributed by atoms with van der Waals surface area (Å²) in [6.07, 6.45) is 0. The van der Waals surface area contributed by atoms with Crippen LogP contribution in [0.5, 0.6) is 17.2 Å². The van der Waals surface area contributed by atoms with Crippen LogP contribution in [0.25, 0.3) is 0 Å². The molecule has 2 aliphatic rings. The Morgan fingerprint density at radius 1 is 1.13 bits per heavy atom. The molecule has 0 saturated heterocycles. The number of hydrogen-bond donors (Lipinski definition) is 2. The number of esters is 1. The van der Waals surface area contributed by atoms with Crippen molar-refractivity contribution in [2.45, 2.75) is 26.5 Å². The highest BCUT2D eigenvalue weighted by molar-refractivity contribution is 5.95. The Bertz CT molecular complexity index is 999. The summed E-state index contributed by atoms with van der Waals surface area (Å²) in [5, 5.41) is 5.43. The van der Waals surface area contributed by atoms with Crippen LogP contribution >= 0.6 is 0 Å². The summed E-state index contributed by atoms with van der Waals surface area (Å²) in [5.41, 5.74) is 2.33. The fourth-order valence-corrected chi connectivity index (χ4v) is 3.39. The molecule has 8 nitrogen and oxygen atoms in total. The van der Waals surface area contributed by atoms with Crippen molar-refractivity contribution in [3.05, 3.63) is 64.9 Å². The van der Waals surface area contributed by atoms with Gasteiger partial charge in [-0.1, -0.05) is 18.2 Å². The third-order valence-corrected chi connectivity index (χ3v) is 4.82. The van der Waals surface area contributed by atoms with Crippen molar-refractivity contribution in [1.29, 1.82) is 0 Å². The van der Waals surface area contributed by atoms with Crippen molar-refractivity contribution in [1.82, 2.24) is 10.6 Å². The van der Waals surface area contributed by atoms with Gasteiger partial charge in [-0.05, 0) is 49.2 Å². The van der Waals surface area contributed by atoms with Crippen molar-refractivity contribution in [3.63, 3.8) is 0 Å². The molecule has 0 radical (unpaired) electrons. The second-order valence-electron chi connectivity index (χ2n) is 6.84. The Morgan fingerprint density at radius 2 is 1.90 bits per heavy atom. The molecule has 2 amide bonds. The van der Waals surface area contributed by atoms with Gasteiger partial charge < -0.3 is 29.6 Å². The number of ether oxygens (including phenoxy) is 4. The zero-order valence-corrected chi connectivity index (χ0v) is 16.7. The van der Waals surface area contributed by atoms with Crippen LogP contribution in [0, 0.1) is 0 Å². The number of carbonyl (C=O) groups is 2. The van der Waals surface area contributed by atoms with E-state index in [1.165, 1.54) is 0 Å². The van der Waals surface area contributed by atoms with E-state index < -0.39 is 12.0 Å². The quantitative estimate of drug-likeness (QED) is 0.711. The highest BCUT2D eigenvalue weighted by atomic mass is 16.7. The molecule has 2 aliphatic heterocycles. The van der Waals surface area contributed by atoms with Gasteiger partial charge in [0.05, 0.1) is 18.2 Å². The zero-order chi connectivity index (χ0) is 21.1. The SMILES string of the molecule is CCOc1ccc([C@H]2NC(=O)NC(C)=C2C(=O)OCc2ccc3c(c2)OCO3)cc1. The number of amides is 2. The van der Waals surface area contributed by atoms with Gasteiger partial charge in [-0.3, -0.25) is 0 Å². The summed E-state index contributed by atoms with van der Waals surface area (Å²) in [6.45, 7) is 4.38. The van der Waals surface area contributed by atoms with Gasteiger partial charge in [0, 0.05) is 5.70 Å². The van der Waals surface area contributed by atoms with Crippen LogP contribution in [0.4, 0.5) is 4.79 Å². The highest BCUT2D eigenvalue weighted by Gasteiger charge is 2.32. The molecule has 0 bridgehead atoms. The smallest absolute Gasteiger partial charge is 0.338 e. The topological polar surface area (TPSA) is 95.1 Å². The summed E-state index contributed by atoms with van der Waals surface area (Å²) in [4.78, 5) is 24.9. The third kappa shape index (κ3) is 4.03. The number of nitrogens with one attached hydrogen (secondary N) is 2. The van der Waals surface area contributed by atoms with Crippen LogP contribution in [-0.4, -0.2) is 25.4 Å². The number of allylic oxidation sites excluding steroid dienone is 1. The van der Waals surface area contributed by atoms with Crippen LogP contribution in [0.15, 0.2) is 53.7 Å². The molecule has 4 rings (SSSR count). The summed E-state index contributed by atoms with van der Waals surface area (Å²) in [6, 6.07) is 11.6. The molecule has 0 spiro atoms. The first-order valence-corrected chi connectivity index (χ1v) is 9.62. The fourth-order valence-electron chi connectivity index (χ4n) is 3.39. The highest BCUT2D eigenvalue weighted by Crippen LogP contribution is 2.33. The number of urea groups is 1. The molecule has 2 aromatic carbocycles. The first-order chi connectivity index (χ1) is 14.5. The molecule has 8 heteroatoms. The lowest BCUT2D eigenvalue weighted by molar-refractivity contribution is -0.140. The van der Waals surface area contributed by atoms with Gasteiger partial charge in [0.15, 0.2) is 11.5 Å². The minimum Gasteiger partial charge on any atom is -0.494 e. The van der Waals surface area contributed by atoms with E-state index in [2.05, 4.69) is 10.6 Å². The van der Waals surface area contributed by atoms with E-state index in [4.69, 9.17) is 18.9 Å². The van der Waals surface area contributed by atoms with Gasteiger partial charge in [0.2, 0.25) is 6.79 Å². The molecule has 30 heavy (non-hydrogen) atoms. The first kappa shape index (κ1) is 19.6. The van der Waals surface area contributed by atoms with E-state index in [0.717, 1.165) is 11.1 Å². The van der Waals surface area contributed by atoms with Crippen molar-refractivity contribution < 1.29 is 28.5 Å². The lowest BCUT2D eigenvalue weighted by atomic mass is 9.95. The lowest BCUT2D eigenvalue weighted by Gasteiger charge is -2.28. The summed E-state index contributed by atoms with van der Waals surface area (Å²) in [5.74, 6) is 1.49. The van der Waals surface area contributed by atoms with Gasteiger partial charge in [0.1, 0.15) is 12.4 Å². The Morgan fingerprint density at radius 3 is 2.67 bits per heavy atom. The molecule has 0 fully saturated rings. The van der Waals surface area contributed by atoms with E-state index >= 15 is 0 Å².